The first kappa shape index (κ1) is 24.0. The lowest BCUT2D eigenvalue weighted by Crippen LogP contribution is -2.21. The zero-order valence-electron chi connectivity index (χ0n) is 20.7. The summed E-state index contributed by atoms with van der Waals surface area (Å²) in [7, 11) is 1.88. The van der Waals surface area contributed by atoms with Crippen molar-refractivity contribution in [2.75, 3.05) is 22.6 Å². The third-order valence-corrected chi connectivity index (χ3v) is 6.31. The van der Waals surface area contributed by atoms with E-state index in [9.17, 15) is 9.59 Å². The molecule has 0 saturated heterocycles. The molecule has 37 heavy (non-hydrogen) atoms. The first-order valence-corrected chi connectivity index (χ1v) is 12.1. The van der Waals surface area contributed by atoms with E-state index in [2.05, 4.69) is 33.8 Å². The van der Waals surface area contributed by atoms with Gasteiger partial charge >= 0.3 is 0 Å². The number of aromatic nitrogens is 2. The predicted molar refractivity (Wildman–Crippen MR) is 146 cm³/mol. The van der Waals surface area contributed by atoms with Crippen LogP contribution in [0.15, 0.2) is 79.0 Å². The van der Waals surface area contributed by atoms with Crippen LogP contribution in [0.3, 0.4) is 0 Å². The number of rotatable bonds is 8. The maximum absolute atomic E-state index is 12.4. The highest BCUT2D eigenvalue weighted by molar-refractivity contribution is 5.99. The average Bonchev–Trinajstić information content (AvgIpc) is 3.73. The van der Waals surface area contributed by atoms with Crippen LogP contribution in [0.2, 0.25) is 0 Å². The number of benzene rings is 3. The molecule has 0 radical (unpaired) electrons. The Hall–Kier alpha value is -4.72. The van der Waals surface area contributed by atoms with Crippen LogP contribution in [-0.4, -0.2) is 28.8 Å². The normalized spacial score (nSPS) is 12.6. The van der Waals surface area contributed by atoms with Crippen LogP contribution in [0.4, 0.5) is 28.8 Å². The summed E-state index contributed by atoms with van der Waals surface area (Å²) in [5.41, 5.74) is 11.7. The standard InChI is InChI=1S/C29H28N6O2/c1-18(36)32-21-10-6-11-22(16-21)33-29-31-17-24(27(30)37)28(34-29)35(2)25-13-7-12-23(19-14-15-19)26(25)20-8-4-3-5-9-20/h3-13,16-17,19H,14-15H2,1-2H3,(H2,30,37)(H,32,36)(H,31,33,34). The lowest BCUT2D eigenvalue weighted by atomic mass is 9.94. The Morgan fingerprint density at radius 1 is 0.973 bits per heavy atom. The number of nitrogens with two attached hydrogens (primary N) is 1. The first-order valence-electron chi connectivity index (χ1n) is 12.1. The van der Waals surface area contributed by atoms with Gasteiger partial charge in [0.15, 0.2) is 5.82 Å². The maximum atomic E-state index is 12.4. The van der Waals surface area contributed by atoms with Crippen LogP contribution < -0.4 is 21.3 Å². The Kier molecular flexibility index (Phi) is 6.55. The topological polar surface area (TPSA) is 113 Å². The molecule has 0 unspecified atom stereocenters. The Balaban J connectivity index is 1.56. The Bertz CT molecular complexity index is 1470. The molecule has 186 valence electrons. The molecule has 1 aliphatic rings. The van der Waals surface area contributed by atoms with Crippen molar-refractivity contribution in [3.05, 3.63) is 90.1 Å². The fraction of sp³-hybridized carbons (Fsp3) is 0.172. The smallest absolute Gasteiger partial charge is 0.254 e. The summed E-state index contributed by atoms with van der Waals surface area (Å²) in [4.78, 5) is 34.7. The number of carbonyl (C=O) groups is 2. The quantitative estimate of drug-likeness (QED) is 0.296. The van der Waals surface area contributed by atoms with Gasteiger partial charge in [-0.05, 0) is 54.2 Å². The number of amides is 2. The third-order valence-electron chi connectivity index (χ3n) is 6.31. The molecule has 8 heteroatoms. The van der Waals surface area contributed by atoms with Crippen molar-refractivity contribution in [2.24, 2.45) is 5.73 Å². The summed E-state index contributed by atoms with van der Waals surface area (Å²) in [6.07, 6.45) is 3.77. The number of nitrogens with zero attached hydrogens (tertiary/aromatic N) is 3. The number of primary amides is 1. The monoisotopic (exact) mass is 492 g/mol. The van der Waals surface area contributed by atoms with E-state index < -0.39 is 5.91 Å². The van der Waals surface area contributed by atoms with Crippen molar-refractivity contribution in [2.45, 2.75) is 25.7 Å². The van der Waals surface area contributed by atoms with E-state index in [1.807, 2.05) is 54.4 Å². The molecular formula is C29H28N6O2. The summed E-state index contributed by atoms with van der Waals surface area (Å²) in [6.45, 7) is 1.45. The minimum absolute atomic E-state index is 0.161. The van der Waals surface area contributed by atoms with Gasteiger partial charge in [-0.2, -0.15) is 4.98 Å². The molecule has 0 aliphatic heterocycles. The van der Waals surface area contributed by atoms with Crippen LogP contribution in [0, 0.1) is 0 Å². The fourth-order valence-corrected chi connectivity index (χ4v) is 4.47. The molecule has 5 rings (SSSR count). The van der Waals surface area contributed by atoms with E-state index in [4.69, 9.17) is 10.7 Å². The second-order valence-electron chi connectivity index (χ2n) is 9.12. The minimum atomic E-state index is -0.610. The second-order valence-corrected chi connectivity index (χ2v) is 9.12. The van der Waals surface area contributed by atoms with Gasteiger partial charge in [0.25, 0.3) is 5.91 Å². The molecule has 0 spiro atoms. The van der Waals surface area contributed by atoms with Crippen molar-refractivity contribution in [3.63, 3.8) is 0 Å². The van der Waals surface area contributed by atoms with Crippen molar-refractivity contribution in [3.8, 4) is 11.1 Å². The molecule has 0 atom stereocenters. The molecule has 4 aromatic rings. The van der Waals surface area contributed by atoms with Crippen molar-refractivity contribution in [1.29, 1.82) is 0 Å². The molecule has 1 saturated carbocycles. The van der Waals surface area contributed by atoms with Gasteiger partial charge in [-0.25, -0.2) is 4.98 Å². The average molecular weight is 493 g/mol. The molecule has 4 N–H and O–H groups in total. The summed E-state index contributed by atoms with van der Waals surface area (Å²) >= 11 is 0. The van der Waals surface area contributed by atoms with Gasteiger partial charge in [0.05, 0.1) is 5.69 Å². The summed E-state index contributed by atoms with van der Waals surface area (Å²) < 4.78 is 0. The number of hydrogen-bond donors (Lipinski definition) is 3. The molecular weight excluding hydrogens is 464 g/mol. The van der Waals surface area contributed by atoms with Gasteiger partial charge in [0.1, 0.15) is 5.56 Å². The second kappa shape index (κ2) is 10.1. The van der Waals surface area contributed by atoms with E-state index in [1.54, 1.807) is 12.1 Å². The van der Waals surface area contributed by atoms with E-state index >= 15 is 0 Å². The zero-order chi connectivity index (χ0) is 25.9. The number of anilines is 5. The molecule has 1 aliphatic carbocycles. The van der Waals surface area contributed by atoms with E-state index in [0.29, 0.717) is 29.1 Å². The lowest BCUT2D eigenvalue weighted by molar-refractivity contribution is -0.114. The minimum Gasteiger partial charge on any atom is -0.365 e. The SMILES string of the molecule is CC(=O)Nc1cccc(Nc2ncc(C(N)=O)c(N(C)c3cccc(C4CC4)c3-c3ccccc3)n2)c1. The maximum Gasteiger partial charge on any atom is 0.254 e. The number of carbonyl (C=O) groups excluding carboxylic acids is 2. The lowest BCUT2D eigenvalue weighted by Gasteiger charge is -2.25. The fourth-order valence-electron chi connectivity index (χ4n) is 4.47. The molecule has 0 bridgehead atoms. The highest BCUT2D eigenvalue weighted by atomic mass is 16.1. The molecule has 1 fully saturated rings. The van der Waals surface area contributed by atoms with Crippen LogP contribution >= 0.6 is 0 Å². The first-order chi connectivity index (χ1) is 17.9. The van der Waals surface area contributed by atoms with Gasteiger partial charge < -0.3 is 21.3 Å². The van der Waals surface area contributed by atoms with Gasteiger partial charge in [0.2, 0.25) is 11.9 Å². The van der Waals surface area contributed by atoms with Crippen LogP contribution in [0.5, 0.6) is 0 Å². The Morgan fingerprint density at radius 2 is 1.70 bits per heavy atom. The van der Waals surface area contributed by atoms with E-state index in [1.165, 1.54) is 31.5 Å². The van der Waals surface area contributed by atoms with Gasteiger partial charge in [-0.1, -0.05) is 48.5 Å². The summed E-state index contributed by atoms with van der Waals surface area (Å²) in [5.74, 6) is 0.448. The van der Waals surface area contributed by atoms with Crippen molar-refractivity contribution in [1.82, 2.24) is 9.97 Å². The van der Waals surface area contributed by atoms with Gasteiger partial charge in [-0.15, -0.1) is 0 Å². The molecule has 3 aromatic carbocycles. The molecule has 8 nitrogen and oxygen atoms in total. The summed E-state index contributed by atoms with van der Waals surface area (Å²) in [5, 5.41) is 5.92. The van der Waals surface area contributed by atoms with Gasteiger partial charge in [-0.3, -0.25) is 9.59 Å². The number of hydrogen-bond acceptors (Lipinski definition) is 6. The van der Waals surface area contributed by atoms with Crippen molar-refractivity contribution < 1.29 is 9.59 Å². The van der Waals surface area contributed by atoms with Crippen LogP contribution in [0.25, 0.3) is 11.1 Å². The van der Waals surface area contributed by atoms with E-state index in [0.717, 1.165) is 16.8 Å². The zero-order valence-corrected chi connectivity index (χ0v) is 20.7. The van der Waals surface area contributed by atoms with Crippen LogP contribution in [-0.2, 0) is 4.79 Å². The largest absolute Gasteiger partial charge is 0.365 e. The molecule has 2 amide bonds. The van der Waals surface area contributed by atoms with E-state index in [-0.39, 0.29) is 11.5 Å². The number of nitrogens with one attached hydrogen (secondary N) is 2. The highest BCUT2D eigenvalue weighted by Gasteiger charge is 2.29. The van der Waals surface area contributed by atoms with Crippen LogP contribution in [0.1, 0.15) is 41.6 Å². The van der Waals surface area contributed by atoms with Gasteiger partial charge in [0, 0.05) is 37.1 Å². The molecule has 1 heterocycles. The predicted octanol–water partition coefficient (Wildman–Crippen LogP) is 5.59. The Morgan fingerprint density at radius 3 is 2.41 bits per heavy atom. The Labute approximate surface area is 215 Å². The van der Waals surface area contributed by atoms with Crippen molar-refractivity contribution >= 4 is 40.6 Å². The highest BCUT2D eigenvalue weighted by Crippen LogP contribution is 2.48. The summed E-state index contributed by atoms with van der Waals surface area (Å²) in [6, 6.07) is 23.7. The third kappa shape index (κ3) is 5.28. The molecule has 1 aromatic heterocycles.